The van der Waals surface area contributed by atoms with E-state index in [-0.39, 0.29) is 11.1 Å². The lowest BCUT2D eigenvalue weighted by molar-refractivity contribution is 0.412. The zero-order valence-electron chi connectivity index (χ0n) is 9.96. The van der Waals surface area contributed by atoms with Crippen molar-refractivity contribution in [2.45, 2.75) is 39.3 Å². The van der Waals surface area contributed by atoms with Crippen molar-refractivity contribution in [2.24, 2.45) is 0 Å². The Labute approximate surface area is 110 Å². The summed E-state index contributed by atoms with van der Waals surface area (Å²) in [5.74, 6) is 0. The van der Waals surface area contributed by atoms with Gasteiger partial charge in [-0.2, -0.15) is 0 Å². The Kier molecular flexibility index (Phi) is 4.91. The predicted octanol–water partition coefficient (Wildman–Crippen LogP) is 1.63. The quantitative estimate of drug-likeness (QED) is 0.672. The van der Waals surface area contributed by atoms with Crippen molar-refractivity contribution >= 4 is 22.6 Å². The summed E-state index contributed by atoms with van der Waals surface area (Å²) in [6.07, 6.45) is 4.12. The zero-order chi connectivity index (χ0) is 12.2. The molecule has 0 saturated heterocycles. The Morgan fingerprint density at radius 3 is 2.81 bits per heavy atom. The van der Waals surface area contributed by atoms with Crippen molar-refractivity contribution < 1.29 is 0 Å². The summed E-state index contributed by atoms with van der Waals surface area (Å²) in [7, 11) is 0. The first-order valence-electron chi connectivity index (χ1n) is 5.35. The van der Waals surface area contributed by atoms with E-state index in [1.165, 1.54) is 0 Å². The zero-order valence-corrected chi connectivity index (χ0v) is 12.1. The molecule has 5 heteroatoms. The van der Waals surface area contributed by atoms with Gasteiger partial charge < -0.3 is 5.32 Å². The van der Waals surface area contributed by atoms with Gasteiger partial charge in [0.25, 0.3) is 5.56 Å². The highest BCUT2D eigenvalue weighted by Gasteiger charge is 2.07. The van der Waals surface area contributed by atoms with Gasteiger partial charge in [0.1, 0.15) is 0 Å². The van der Waals surface area contributed by atoms with Crippen LogP contribution in [0.15, 0.2) is 17.3 Å². The SMILES string of the molecule is CC(C)(C)NCCCn1cncc(I)c1=O. The summed E-state index contributed by atoms with van der Waals surface area (Å²) in [6.45, 7) is 8.01. The minimum absolute atomic E-state index is 0.0476. The van der Waals surface area contributed by atoms with Crippen molar-refractivity contribution in [1.29, 1.82) is 0 Å². The van der Waals surface area contributed by atoms with Crippen molar-refractivity contribution in [2.75, 3.05) is 6.54 Å². The number of hydrogen-bond donors (Lipinski definition) is 1. The maximum atomic E-state index is 11.7. The van der Waals surface area contributed by atoms with E-state index in [9.17, 15) is 4.79 Å². The van der Waals surface area contributed by atoms with E-state index in [1.54, 1.807) is 17.1 Å². The summed E-state index contributed by atoms with van der Waals surface area (Å²) in [4.78, 5) is 15.7. The van der Waals surface area contributed by atoms with Gasteiger partial charge >= 0.3 is 0 Å². The van der Waals surface area contributed by atoms with E-state index in [4.69, 9.17) is 0 Å². The Morgan fingerprint density at radius 2 is 2.19 bits per heavy atom. The molecule has 0 bridgehead atoms. The molecular weight excluding hydrogens is 317 g/mol. The van der Waals surface area contributed by atoms with E-state index < -0.39 is 0 Å². The summed E-state index contributed by atoms with van der Waals surface area (Å²) < 4.78 is 2.33. The molecule has 1 aromatic heterocycles. The third-order valence-electron chi connectivity index (χ3n) is 2.09. The van der Waals surface area contributed by atoms with E-state index in [1.807, 2.05) is 22.6 Å². The van der Waals surface area contributed by atoms with Crippen LogP contribution in [-0.2, 0) is 6.54 Å². The third kappa shape index (κ3) is 4.61. The van der Waals surface area contributed by atoms with Gasteiger partial charge in [0.15, 0.2) is 0 Å². The van der Waals surface area contributed by atoms with Crippen molar-refractivity contribution in [3.8, 4) is 0 Å². The van der Waals surface area contributed by atoms with Crippen LogP contribution in [0.1, 0.15) is 27.2 Å². The second-order valence-corrected chi connectivity index (χ2v) is 5.93. The second-order valence-electron chi connectivity index (χ2n) is 4.77. The normalized spacial score (nSPS) is 11.8. The molecule has 0 unspecified atom stereocenters. The Bertz CT molecular complexity index is 395. The molecule has 4 nitrogen and oxygen atoms in total. The lowest BCUT2D eigenvalue weighted by atomic mass is 10.1. The molecule has 0 aliphatic heterocycles. The Hall–Kier alpha value is -0.430. The highest BCUT2D eigenvalue weighted by Crippen LogP contribution is 1.99. The number of nitrogens with zero attached hydrogens (tertiary/aromatic N) is 2. The first-order chi connectivity index (χ1) is 7.40. The van der Waals surface area contributed by atoms with Crippen LogP contribution >= 0.6 is 22.6 Å². The van der Waals surface area contributed by atoms with Crippen LogP contribution in [0.25, 0.3) is 0 Å². The fourth-order valence-corrected chi connectivity index (χ4v) is 1.77. The Morgan fingerprint density at radius 1 is 1.50 bits per heavy atom. The van der Waals surface area contributed by atoms with Gasteiger partial charge in [0, 0.05) is 18.3 Å². The average molecular weight is 335 g/mol. The fourth-order valence-electron chi connectivity index (χ4n) is 1.30. The summed E-state index contributed by atoms with van der Waals surface area (Å²) in [5.41, 5.74) is 0.181. The van der Waals surface area contributed by atoms with Gasteiger partial charge in [-0.1, -0.05) is 0 Å². The molecule has 0 fully saturated rings. The largest absolute Gasteiger partial charge is 0.312 e. The topological polar surface area (TPSA) is 46.9 Å². The highest BCUT2D eigenvalue weighted by atomic mass is 127. The maximum absolute atomic E-state index is 11.7. The van der Waals surface area contributed by atoms with Crippen LogP contribution in [0.3, 0.4) is 0 Å². The molecule has 1 heterocycles. The number of nitrogens with one attached hydrogen (secondary N) is 1. The number of rotatable bonds is 4. The van der Waals surface area contributed by atoms with Crippen LogP contribution < -0.4 is 10.9 Å². The van der Waals surface area contributed by atoms with Gasteiger partial charge in [-0.3, -0.25) is 9.36 Å². The number of aromatic nitrogens is 2. The molecule has 0 spiro atoms. The molecule has 0 atom stereocenters. The van der Waals surface area contributed by atoms with Gasteiger partial charge in [-0.05, 0) is 56.3 Å². The van der Waals surface area contributed by atoms with E-state index in [0.29, 0.717) is 10.1 Å². The smallest absolute Gasteiger partial charge is 0.266 e. The number of aryl methyl sites for hydroxylation is 1. The molecule has 1 N–H and O–H groups in total. The van der Waals surface area contributed by atoms with Crippen LogP contribution in [-0.4, -0.2) is 21.6 Å². The monoisotopic (exact) mass is 335 g/mol. The highest BCUT2D eigenvalue weighted by molar-refractivity contribution is 14.1. The first kappa shape index (κ1) is 13.6. The Balaban J connectivity index is 2.44. The molecule has 1 aromatic rings. The van der Waals surface area contributed by atoms with Crippen LogP contribution in [0.4, 0.5) is 0 Å². The lowest BCUT2D eigenvalue weighted by Crippen LogP contribution is -2.37. The van der Waals surface area contributed by atoms with E-state index in [0.717, 1.165) is 13.0 Å². The molecule has 0 saturated carbocycles. The molecule has 16 heavy (non-hydrogen) atoms. The minimum atomic E-state index is 0.0476. The first-order valence-corrected chi connectivity index (χ1v) is 6.43. The van der Waals surface area contributed by atoms with E-state index in [2.05, 4.69) is 31.1 Å². The van der Waals surface area contributed by atoms with Crippen LogP contribution in [0.2, 0.25) is 0 Å². The third-order valence-corrected chi connectivity index (χ3v) is 2.83. The number of hydrogen-bond acceptors (Lipinski definition) is 3. The van der Waals surface area contributed by atoms with Gasteiger partial charge in [0.05, 0.1) is 9.90 Å². The van der Waals surface area contributed by atoms with Crippen LogP contribution in [0, 0.1) is 3.57 Å². The molecule has 0 amide bonds. The summed E-state index contributed by atoms with van der Waals surface area (Å²) >= 11 is 2.01. The average Bonchev–Trinajstić information content (AvgIpc) is 2.17. The van der Waals surface area contributed by atoms with Crippen LogP contribution in [0.5, 0.6) is 0 Å². The summed E-state index contributed by atoms with van der Waals surface area (Å²) in [5, 5.41) is 3.39. The molecule has 0 aromatic carbocycles. The predicted molar refractivity (Wildman–Crippen MR) is 73.6 cm³/mol. The summed E-state index contributed by atoms with van der Waals surface area (Å²) in [6, 6.07) is 0. The molecule has 0 radical (unpaired) electrons. The van der Waals surface area contributed by atoms with Gasteiger partial charge in [-0.25, -0.2) is 4.98 Å². The fraction of sp³-hybridized carbons (Fsp3) is 0.636. The van der Waals surface area contributed by atoms with Crippen molar-refractivity contribution in [1.82, 2.24) is 14.9 Å². The lowest BCUT2D eigenvalue weighted by Gasteiger charge is -2.20. The molecule has 0 aliphatic carbocycles. The number of halogens is 1. The van der Waals surface area contributed by atoms with Gasteiger partial charge in [-0.15, -0.1) is 0 Å². The second kappa shape index (κ2) is 5.77. The van der Waals surface area contributed by atoms with Gasteiger partial charge in [0.2, 0.25) is 0 Å². The maximum Gasteiger partial charge on any atom is 0.266 e. The van der Waals surface area contributed by atoms with Crippen molar-refractivity contribution in [3.63, 3.8) is 0 Å². The minimum Gasteiger partial charge on any atom is -0.312 e. The molecule has 1 rings (SSSR count). The van der Waals surface area contributed by atoms with Crippen molar-refractivity contribution in [3.05, 3.63) is 26.4 Å². The molecular formula is C11H18IN3O. The van der Waals surface area contributed by atoms with E-state index >= 15 is 0 Å². The standard InChI is InChI=1S/C11H18IN3O/c1-11(2,3)14-5-4-6-15-8-13-7-9(12)10(15)16/h7-8,14H,4-6H2,1-3H3. The molecule has 0 aliphatic rings. The molecule has 90 valence electrons.